The fourth-order valence-electron chi connectivity index (χ4n) is 1.78. The lowest BCUT2D eigenvalue weighted by Gasteiger charge is -2.11. The molecule has 0 aliphatic heterocycles. The van der Waals surface area contributed by atoms with Gasteiger partial charge in [-0.2, -0.15) is 0 Å². The Morgan fingerprint density at radius 3 is 2.75 bits per heavy atom. The molecule has 0 fully saturated rings. The number of nitrogens with zero attached hydrogens (tertiary/aromatic N) is 1. The van der Waals surface area contributed by atoms with Crippen LogP contribution in [-0.4, -0.2) is 11.6 Å². The van der Waals surface area contributed by atoms with Gasteiger partial charge in [-0.1, -0.05) is 36.9 Å². The first kappa shape index (κ1) is 16.2. The summed E-state index contributed by atoms with van der Waals surface area (Å²) in [5.41, 5.74) is 2.32. The summed E-state index contributed by atoms with van der Waals surface area (Å²) < 4.78 is 5.62. The van der Waals surface area contributed by atoms with E-state index in [4.69, 9.17) is 4.74 Å². The summed E-state index contributed by atoms with van der Waals surface area (Å²) in [6.45, 7) is 5.75. The van der Waals surface area contributed by atoms with Crippen LogP contribution >= 0.6 is 0 Å². The number of ether oxygens (including phenoxy) is 1. The Kier molecular flexibility index (Phi) is 7.40. The van der Waals surface area contributed by atoms with Gasteiger partial charge in [-0.15, -0.1) is 0 Å². The van der Waals surface area contributed by atoms with Crippen LogP contribution in [0.15, 0.2) is 61.4 Å². The molecule has 1 aromatic heterocycles. The van der Waals surface area contributed by atoms with E-state index in [0.29, 0.717) is 6.61 Å². The zero-order chi connectivity index (χ0) is 13.3. The molecule has 0 saturated heterocycles. The van der Waals surface area contributed by atoms with Crippen molar-refractivity contribution >= 4 is 0 Å². The molecule has 0 amide bonds. The molecule has 2 rings (SSSR count). The second-order valence-electron chi connectivity index (χ2n) is 4.17. The Labute approximate surface area is 126 Å². The van der Waals surface area contributed by atoms with Crippen molar-refractivity contribution in [2.24, 2.45) is 0 Å². The van der Waals surface area contributed by atoms with E-state index in [2.05, 4.69) is 29.0 Å². The molecule has 0 bridgehead atoms. The largest absolute Gasteiger partial charge is 1.00 e. The molecule has 3 nitrogen and oxygen atoms in total. The number of para-hydroxylation sites is 1. The number of hydrogen-bond acceptors (Lipinski definition) is 3. The van der Waals surface area contributed by atoms with Crippen molar-refractivity contribution in [3.63, 3.8) is 0 Å². The fourth-order valence-corrected chi connectivity index (χ4v) is 1.78. The second kappa shape index (κ2) is 9.13. The van der Waals surface area contributed by atoms with Gasteiger partial charge in [0.15, 0.2) is 0 Å². The van der Waals surface area contributed by atoms with Gasteiger partial charge in [-0.05, 0) is 17.7 Å². The summed E-state index contributed by atoms with van der Waals surface area (Å²) in [7, 11) is 0. The molecule has 2 aromatic rings. The predicted molar refractivity (Wildman–Crippen MR) is 76.9 cm³/mol. The number of rotatable bonds is 7. The highest BCUT2D eigenvalue weighted by atomic mass is 35.5. The Hall–Kier alpha value is -1.84. The lowest BCUT2D eigenvalue weighted by Crippen LogP contribution is -3.00. The van der Waals surface area contributed by atoms with E-state index >= 15 is 0 Å². The molecule has 0 saturated carbocycles. The molecule has 4 heteroatoms. The molecule has 0 aliphatic rings. The highest BCUT2D eigenvalue weighted by Crippen LogP contribution is 2.17. The first-order chi connectivity index (χ1) is 9.40. The molecule has 0 spiro atoms. The number of nitrogens with one attached hydrogen (secondary N) is 1. The molecule has 20 heavy (non-hydrogen) atoms. The average Bonchev–Trinajstić information content (AvgIpc) is 2.47. The number of halogens is 1. The van der Waals surface area contributed by atoms with Crippen LogP contribution in [0.5, 0.6) is 5.75 Å². The van der Waals surface area contributed by atoms with Gasteiger partial charge in [-0.3, -0.25) is 4.98 Å². The first-order valence-corrected chi connectivity index (χ1v) is 6.31. The second-order valence-corrected chi connectivity index (χ2v) is 4.17. The van der Waals surface area contributed by atoms with Crippen LogP contribution in [0.4, 0.5) is 0 Å². The third-order valence-electron chi connectivity index (χ3n) is 2.70. The minimum absolute atomic E-state index is 0. The highest BCUT2D eigenvalue weighted by Gasteiger charge is 2.01. The Balaban J connectivity index is 0.00000200. The summed E-state index contributed by atoms with van der Waals surface area (Å²) in [5, 5.41) is 3.39. The molecule has 0 radical (unpaired) electrons. The molecule has 106 valence electrons. The number of benzene rings is 1. The van der Waals surface area contributed by atoms with E-state index in [0.717, 1.165) is 24.4 Å². The van der Waals surface area contributed by atoms with E-state index < -0.39 is 0 Å². The van der Waals surface area contributed by atoms with Gasteiger partial charge in [0.1, 0.15) is 12.4 Å². The van der Waals surface area contributed by atoms with E-state index in [1.807, 2.05) is 30.5 Å². The third kappa shape index (κ3) is 5.03. The lowest BCUT2D eigenvalue weighted by atomic mass is 10.2. The fraction of sp³-hybridized carbons (Fsp3) is 0.188. The van der Waals surface area contributed by atoms with Crippen molar-refractivity contribution in [1.29, 1.82) is 0 Å². The highest BCUT2D eigenvalue weighted by molar-refractivity contribution is 5.33. The zero-order valence-electron chi connectivity index (χ0n) is 11.3. The number of hydrogen-bond donors (Lipinski definition) is 1. The normalized spacial score (nSPS) is 9.60. The predicted octanol–water partition coefficient (Wildman–Crippen LogP) is -0.0598. The molecule has 1 aromatic carbocycles. The zero-order valence-corrected chi connectivity index (χ0v) is 12.0. The van der Waals surface area contributed by atoms with Gasteiger partial charge < -0.3 is 22.5 Å². The van der Waals surface area contributed by atoms with Crippen molar-refractivity contribution in [2.75, 3.05) is 6.61 Å². The van der Waals surface area contributed by atoms with Crippen molar-refractivity contribution < 1.29 is 17.1 Å². The molecule has 1 heterocycles. The van der Waals surface area contributed by atoms with Crippen LogP contribution in [0.1, 0.15) is 11.1 Å². The Morgan fingerprint density at radius 2 is 2.00 bits per heavy atom. The Morgan fingerprint density at radius 1 is 1.15 bits per heavy atom. The van der Waals surface area contributed by atoms with Crippen molar-refractivity contribution in [3.8, 4) is 5.75 Å². The van der Waals surface area contributed by atoms with E-state index in [9.17, 15) is 0 Å². The molecular weight excluding hydrogens is 272 g/mol. The molecule has 0 atom stereocenters. The van der Waals surface area contributed by atoms with Crippen molar-refractivity contribution in [1.82, 2.24) is 10.3 Å². The number of aromatic nitrogens is 1. The maximum absolute atomic E-state index is 5.62. The van der Waals surface area contributed by atoms with Crippen molar-refractivity contribution in [2.45, 2.75) is 13.1 Å². The summed E-state index contributed by atoms with van der Waals surface area (Å²) in [6.07, 6.45) is 5.40. The van der Waals surface area contributed by atoms with Gasteiger partial charge in [0.05, 0.1) is 0 Å². The summed E-state index contributed by atoms with van der Waals surface area (Å²) in [6, 6.07) is 12.0. The van der Waals surface area contributed by atoms with Crippen LogP contribution in [0.25, 0.3) is 0 Å². The standard InChI is InChI=1S/C16H18N2O.ClH/c1-2-10-19-16-8-4-3-7-15(16)13-18-12-14-6-5-9-17-11-14;/h2-9,11,18H,1,10,12-13H2;1H/p-1. The van der Waals surface area contributed by atoms with Gasteiger partial charge in [0.2, 0.25) is 0 Å². The van der Waals surface area contributed by atoms with Crippen LogP contribution in [-0.2, 0) is 13.1 Å². The maximum Gasteiger partial charge on any atom is 0.124 e. The third-order valence-corrected chi connectivity index (χ3v) is 2.70. The Bertz CT molecular complexity index is 517. The van der Waals surface area contributed by atoms with Crippen LogP contribution < -0.4 is 22.5 Å². The van der Waals surface area contributed by atoms with E-state index in [1.54, 1.807) is 12.3 Å². The van der Waals surface area contributed by atoms with E-state index in [-0.39, 0.29) is 12.4 Å². The van der Waals surface area contributed by atoms with Crippen LogP contribution in [0, 0.1) is 0 Å². The van der Waals surface area contributed by atoms with Gasteiger partial charge in [0.25, 0.3) is 0 Å². The summed E-state index contributed by atoms with van der Waals surface area (Å²) >= 11 is 0. The van der Waals surface area contributed by atoms with Gasteiger partial charge in [-0.25, -0.2) is 0 Å². The van der Waals surface area contributed by atoms with E-state index in [1.165, 1.54) is 5.56 Å². The summed E-state index contributed by atoms with van der Waals surface area (Å²) in [4.78, 5) is 4.09. The molecule has 0 aliphatic carbocycles. The smallest absolute Gasteiger partial charge is 0.124 e. The lowest BCUT2D eigenvalue weighted by molar-refractivity contribution is -0.00000431. The van der Waals surface area contributed by atoms with Crippen LogP contribution in [0.3, 0.4) is 0 Å². The minimum Gasteiger partial charge on any atom is -1.00 e. The molecule has 1 N–H and O–H groups in total. The maximum atomic E-state index is 5.62. The quantitative estimate of drug-likeness (QED) is 0.725. The number of pyridine rings is 1. The molecule has 0 unspecified atom stereocenters. The summed E-state index contributed by atoms with van der Waals surface area (Å²) in [5.74, 6) is 0.904. The minimum atomic E-state index is 0. The average molecular weight is 290 g/mol. The van der Waals surface area contributed by atoms with Crippen molar-refractivity contribution in [3.05, 3.63) is 72.6 Å². The first-order valence-electron chi connectivity index (χ1n) is 6.31. The van der Waals surface area contributed by atoms with Gasteiger partial charge >= 0.3 is 0 Å². The molecular formula is C16H18ClN2O-. The van der Waals surface area contributed by atoms with Gasteiger partial charge in [0, 0.05) is 31.0 Å². The SMILES string of the molecule is C=CCOc1ccccc1CNCc1cccnc1.[Cl-]. The van der Waals surface area contributed by atoms with Crippen LogP contribution in [0.2, 0.25) is 0 Å². The topological polar surface area (TPSA) is 34.1 Å². The monoisotopic (exact) mass is 289 g/mol.